The van der Waals surface area contributed by atoms with Gasteiger partial charge in [0.05, 0.1) is 0 Å². The molecule has 14 heavy (non-hydrogen) atoms. The van der Waals surface area contributed by atoms with Gasteiger partial charge in [0.2, 0.25) is 5.95 Å². The molecule has 1 aromatic carbocycles. The van der Waals surface area contributed by atoms with Crippen molar-refractivity contribution >= 4 is 11.6 Å². The molecule has 0 spiro atoms. The molecule has 0 amide bonds. The number of rotatable bonds is 2. The first-order valence-electron chi connectivity index (χ1n) is 4.25. The van der Waals surface area contributed by atoms with Gasteiger partial charge in [-0.15, -0.1) is 5.10 Å². The van der Waals surface area contributed by atoms with Gasteiger partial charge in [0.25, 0.3) is 0 Å². The van der Waals surface area contributed by atoms with Crippen LogP contribution in [0.15, 0.2) is 24.3 Å². The minimum atomic E-state index is 0.268. The second-order valence-electron chi connectivity index (χ2n) is 3.06. The first-order valence-corrected chi connectivity index (χ1v) is 4.25. The number of aromatic nitrogens is 3. The van der Waals surface area contributed by atoms with Crippen LogP contribution in [-0.2, 0) is 6.42 Å². The highest BCUT2D eigenvalue weighted by atomic mass is 15.3. The van der Waals surface area contributed by atoms with Crippen LogP contribution in [0.2, 0.25) is 0 Å². The second-order valence-corrected chi connectivity index (χ2v) is 3.06. The van der Waals surface area contributed by atoms with Gasteiger partial charge in [-0.05, 0) is 17.7 Å². The lowest BCUT2D eigenvalue weighted by atomic mass is 10.1. The highest BCUT2D eigenvalue weighted by Crippen LogP contribution is 2.10. The van der Waals surface area contributed by atoms with Crippen LogP contribution < -0.4 is 11.5 Å². The third kappa shape index (κ3) is 1.82. The molecule has 0 aliphatic carbocycles. The molecule has 0 aliphatic heterocycles. The second kappa shape index (κ2) is 3.37. The van der Waals surface area contributed by atoms with E-state index in [0.717, 1.165) is 17.1 Å². The van der Waals surface area contributed by atoms with Crippen molar-refractivity contribution in [2.24, 2.45) is 0 Å². The van der Waals surface area contributed by atoms with Crippen molar-refractivity contribution in [2.75, 3.05) is 11.5 Å². The Labute approximate surface area is 81.2 Å². The fourth-order valence-corrected chi connectivity index (χ4v) is 1.29. The molecule has 72 valence electrons. The molecule has 5 N–H and O–H groups in total. The topological polar surface area (TPSA) is 93.6 Å². The number of hydrogen-bond acceptors (Lipinski definition) is 4. The molecule has 0 radical (unpaired) electrons. The Morgan fingerprint density at radius 2 is 2.14 bits per heavy atom. The lowest BCUT2D eigenvalue weighted by Gasteiger charge is -1.98. The molecule has 0 unspecified atom stereocenters. The number of H-pyrrole nitrogens is 1. The summed E-state index contributed by atoms with van der Waals surface area (Å²) >= 11 is 0. The van der Waals surface area contributed by atoms with Gasteiger partial charge in [-0.2, -0.15) is 4.98 Å². The Morgan fingerprint density at radius 1 is 1.29 bits per heavy atom. The minimum Gasteiger partial charge on any atom is -0.399 e. The maximum atomic E-state index is 5.65. The van der Waals surface area contributed by atoms with Crippen molar-refractivity contribution < 1.29 is 0 Å². The summed E-state index contributed by atoms with van der Waals surface area (Å²) in [5, 5.41) is 6.49. The average Bonchev–Trinajstić information content (AvgIpc) is 2.51. The zero-order chi connectivity index (χ0) is 9.97. The van der Waals surface area contributed by atoms with E-state index < -0.39 is 0 Å². The Hall–Kier alpha value is -2.04. The lowest BCUT2D eigenvalue weighted by molar-refractivity contribution is 0.973. The van der Waals surface area contributed by atoms with Crippen LogP contribution in [0.5, 0.6) is 0 Å². The van der Waals surface area contributed by atoms with E-state index in [1.54, 1.807) is 0 Å². The van der Waals surface area contributed by atoms with Gasteiger partial charge in [-0.25, -0.2) is 0 Å². The van der Waals surface area contributed by atoms with Crippen LogP contribution in [0.4, 0.5) is 11.6 Å². The van der Waals surface area contributed by atoms with Crippen LogP contribution in [0, 0.1) is 0 Å². The van der Waals surface area contributed by atoms with Crippen LogP contribution in [0.1, 0.15) is 11.4 Å². The highest BCUT2D eigenvalue weighted by molar-refractivity contribution is 5.41. The van der Waals surface area contributed by atoms with Gasteiger partial charge in [-0.3, -0.25) is 5.10 Å². The monoisotopic (exact) mass is 189 g/mol. The zero-order valence-electron chi connectivity index (χ0n) is 7.57. The SMILES string of the molecule is Nc1cccc(Cc2nc(N)n[nH]2)c1. The maximum absolute atomic E-state index is 5.65. The number of hydrogen-bond donors (Lipinski definition) is 3. The van der Waals surface area contributed by atoms with Gasteiger partial charge < -0.3 is 11.5 Å². The number of nitrogens with zero attached hydrogens (tertiary/aromatic N) is 2. The molecule has 5 heteroatoms. The molecule has 1 aromatic heterocycles. The highest BCUT2D eigenvalue weighted by Gasteiger charge is 2.01. The Bertz CT molecular complexity index is 434. The van der Waals surface area contributed by atoms with Crippen LogP contribution in [0.3, 0.4) is 0 Å². The number of benzene rings is 1. The first-order chi connectivity index (χ1) is 6.74. The van der Waals surface area contributed by atoms with Gasteiger partial charge in [0.1, 0.15) is 5.82 Å². The van der Waals surface area contributed by atoms with Crippen molar-refractivity contribution in [3.05, 3.63) is 35.7 Å². The number of aromatic amines is 1. The Morgan fingerprint density at radius 3 is 2.79 bits per heavy atom. The van der Waals surface area contributed by atoms with Crippen molar-refractivity contribution in [1.29, 1.82) is 0 Å². The average molecular weight is 189 g/mol. The number of nitrogen functional groups attached to an aromatic ring is 2. The smallest absolute Gasteiger partial charge is 0.239 e. The van der Waals surface area contributed by atoms with Crippen molar-refractivity contribution in [3.63, 3.8) is 0 Å². The summed E-state index contributed by atoms with van der Waals surface area (Å²) in [4.78, 5) is 4.01. The predicted octanol–water partition coefficient (Wildman–Crippen LogP) is 0.560. The number of nitrogens with two attached hydrogens (primary N) is 2. The Balaban J connectivity index is 2.18. The summed E-state index contributed by atoms with van der Waals surface area (Å²) in [6.45, 7) is 0. The van der Waals surface area contributed by atoms with Crippen molar-refractivity contribution in [1.82, 2.24) is 15.2 Å². The lowest BCUT2D eigenvalue weighted by Crippen LogP contribution is -1.93. The van der Waals surface area contributed by atoms with Gasteiger partial charge in [-0.1, -0.05) is 12.1 Å². The molecule has 0 aliphatic rings. The van der Waals surface area contributed by atoms with Crippen LogP contribution in [-0.4, -0.2) is 15.2 Å². The predicted molar refractivity (Wildman–Crippen MR) is 54.5 cm³/mol. The summed E-state index contributed by atoms with van der Waals surface area (Å²) < 4.78 is 0. The van der Waals surface area contributed by atoms with Crippen LogP contribution in [0.25, 0.3) is 0 Å². The van der Waals surface area contributed by atoms with Crippen LogP contribution >= 0.6 is 0 Å². The fraction of sp³-hybridized carbons (Fsp3) is 0.111. The molecule has 0 atom stereocenters. The molecule has 0 saturated heterocycles. The van der Waals surface area contributed by atoms with E-state index in [1.165, 1.54) is 0 Å². The first kappa shape index (κ1) is 8.55. The third-order valence-corrected chi connectivity index (χ3v) is 1.87. The minimum absolute atomic E-state index is 0.268. The summed E-state index contributed by atoms with van der Waals surface area (Å²) in [5.41, 5.74) is 12.9. The maximum Gasteiger partial charge on any atom is 0.239 e. The van der Waals surface area contributed by atoms with E-state index in [2.05, 4.69) is 15.2 Å². The summed E-state index contributed by atoms with van der Waals surface area (Å²) in [5.74, 6) is 1.01. The molecular formula is C9H11N5. The molecule has 0 bridgehead atoms. The standard InChI is InChI=1S/C9H11N5/c10-7-3-1-2-6(4-7)5-8-12-9(11)14-13-8/h1-4H,5,10H2,(H3,11,12,13,14). The largest absolute Gasteiger partial charge is 0.399 e. The van der Waals surface area contributed by atoms with Gasteiger partial charge in [0.15, 0.2) is 0 Å². The molecule has 5 nitrogen and oxygen atoms in total. The normalized spacial score (nSPS) is 10.3. The Kier molecular flexibility index (Phi) is 2.06. The number of nitrogens with one attached hydrogen (secondary N) is 1. The molecule has 0 fully saturated rings. The third-order valence-electron chi connectivity index (χ3n) is 1.87. The fourth-order valence-electron chi connectivity index (χ4n) is 1.29. The van der Waals surface area contributed by atoms with Gasteiger partial charge in [0, 0.05) is 12.1 Å². The quantitative estimate of drug-likeness (QED) is 0.602. The zero-order valence-corrected chi connectivity index (χ0v) is 7.57. The van der Waals surface area contributed by atoms with E-state index in [-0.39, 0.29) is 5.95 Å². The molecule has 2 rings (SSSR count). The van der Waals surface area contributed by atoms with E-state index >= 15 is 0 Å². The van der Waals surface area contributed by atoms with E-state index in [9.17, 15) is 0 Å². The van der Waals surface area contributed by atoms with E-state index in [0.29, 0.717) is 6.42 Å². The summed E-state index contributed by atoms with van der Waals surface area (Å²) in [6.07, 6.45) is 0.662. The molecular weight excluding hydrogens is 178 g/mol. The number of anilines is 2. The molecule has 1 heterocycles. The summed E-state index contributed by atoms with van der Waals surface area (Å²) in [7, 11) is 0. The van der Waals surface area contributed by atoms with Crippen molar-refractivity contribution in [3.8, 4) is 0 Å². The van der Waals surface area contributed by atoms with E-state index in [1.807, 2.05) is 24.3 Å². The summed E-state index contributed by atoms with van der Waals surface area (Å²) in [6, 6.07) is 7.64. The van der Waals surface area contributed by atoms with Crippen molar-refractivity contribution in [2.45, 2.75) is 6.42 Å². The molecule has 0 saturated carbocycles. The molecule has 2 aromatic rings. The van der Waals surface area contributed by atoms with Gasteiger partial charge >= 0.3 is 0 Å². The van der Waals surface area contributed by atoms with E-state index in [4.69, 9.17) is 11.5 Å².